The van der Waals surface area contributed by atoms with Gasteiger partial charge in [0.1, 0.15) is 40.8 Å². The number of aryl methyl sites for hydroxylation is 2. The van der Waals surface area contributed by atoms with Crippen molar-refractivity contribution in [2.24, 2.45) is 0 Å². The third-order valence-electron chi connectivity index (χ3n) is 12.4. The lowest BCUT2D eigenvalue weighted by Crippen LogP contribution is -2.28. The molecule has 0 bridgehead atoms. The Hall–Kier alpha value is -3.77. The molecule has 0 saturated carbocycles. The number of sulfone groups is 1. The molecule has 0 N–H and O–H groups in total. The van der Waals surface area contributed by atoms with Gasteiger partial charge in [-0.2, -0.15) is 0 Å². The predicted molar refractivity (Wildman–Crippen MR) is 303 cm³/mol. The summed E-state index contributed by atoms with van der Waals surface area (Å²) in [6.45, 7) is 20.5. The Morgan fingerprint density at radius 3 is 1.69 bits per heavy atom. The van der Waals surface area contributed by atoms with Crippen molar-refractivity contribution in [3.8, 4) is 11.5 Å². The smallest absolute Gasteiger partial charge is 0.197 e. The number of fused-ring (bicyclic) bond motifs is 2. The van der Waals surface area contributed by atoms with Crippen molar-refractivity contribution in [3.05, 3.63) is 125 Å². The van der Waals surface area contributed by atoms with E-state index in [-0.39, 0.29) is 17.3 Å². The van der Waals surface area contributed by atoms with Crippen LogP contribution in [0.15, 0.2) is 87.7 Å². The zero-order valence-electron chi connectivity index (χ0n) is 42.5. The Morgan fingerprint density at radius 1 is 0.571 bits per heavy atom. The first-order valence-electron chi connectivity index (χ1n) is 25.4. The summed E-state index contributed by atoms with van der Waals surface area (Å²) >= 11 is 4.54. The molecule has 0 saturated heterocycles. The minimum atomic E-state index is -3.20. The number of para-hydroxylation sites is 1. The lowest BCUT2D eigenvalue weighted by molar-refractivity contribution is 0.103. The predicted octanol–water partition coefficient (Wildman–Crippen LogP) is 14.2. The van der Waals surface area contributed by atoms with Crippen molar-refractivity contribution in [1.82, 2.24) is 9.80 Å². The normalized spacial score (nSPS) is 11.7. The van der Waals surface area contributed by atoms with Crippen LogP contribution in [0.3, 0.4) is 0 Å². The SMILES string of the molecule is CCCCc1oc2ccc(CS(C)(=O)=O)cc2c1C(=O)c1ccc(OCCCN(CCCC)CCCC)cc1.CCCCc1oc2ccccc2c1C(=O)c1cc(I)c(OCCN(CC)CC)c(I)c1. The lowest BCUT2D eigenvalue weighted by atomic mass is 9.97. The Kier molecular flexibility index (Phi) is 23.7. The van der Waals surface area contributed by atoms with Crippen LogP contribution in [-0.2, 0) is 28.4 Å². The van der Waals surface area contributed by atoms with E-state index in [9.17, 15) is 18.0 Å². The van der Waals surface area contributed by atoms with Gasteiger partial charge in [-0.25, -0.2) is 8.42 Å². The Labute approximate surface area is 444 Å². The minimum absolute atomic E-state index is 0.0153. The number of nitrogens with zero attached hydrogens (tertiary/aromatic N) is 2. The average molecular weight is 1200 g/mol. The van der Waals surface area contributed by atoms with E-state index in [2.05, 4.69) is 96.5 Å². The molecule has 0 aliphatic rings. The zero-order chi connectivity index (χ0) is 50.6. The summed E-state index contributed by atoms with van der Waals surface area (Å²) in [5.74, 6) is 2.87. The second kappa shape index (κ2) is 29.1. The summed E-state index contributed by atoms with van der Waals surface area (Å²) in [6, 6.07) is 24.3. The maximum atomic E-state index is 13.7. The zero-order valence-corrected chi connectivity index (χ0v) is 47.6. The number of hydrogen-bond acceptors (Lipinski definition) is 10. The number of carbonyl (C=O) groups excluding carboxylic acids is 2. The summed E-state index contributed by atoms with van der Waals surface area (Å²) in [5, 5.41) is 1.56. The van der Waals surface area contributed by atoms with E-state index in [1.165, 1.54) is 31.9 Å². The number of likely N-dealkylation sites (N-methyl/N-ethyl adjacent to an activating group) is 1. The van der Waals surface area contributed by atoms with E-state index in [1.54, 1.807) is 30.3 Å². The maximum Gasteiger partial charge on any atom is 0.197 e. The molecule has 4 aromatic carbocycles. The van der Waals surface area contributed by atoms with Crippen molar-refractivity contribution >= 4 is 88.5 Å². The number of ether oxygens (including phenoxy) is 2. The first-order chi connectivity index (χ1) is 33.7. The van der Waals surface area contributed by atoms with Gasteiger partial charge in [-0.15, -0.1) is 0 Å². The molecule has 2 aromatic heterocycles. The second-order valence-electron chi connectivity index (χ2n) is 18.0. The fraction of sp³-hybridized carbons (Fsp3) is 0.474. The topological polar surface area (TPSA) is 120 Å². The van der Waals surface area contributed by atoms with Crippen LogP contribution >= 0.6 is 45.2 Å². The first-order valence-corrected chi connectivity index (χ1v) is 29.6. The van der Waals surface area contributed by atoms with Gasteiger partial charge in [0.15, 0.2) is 21.4 Å². The summed E-state index contributed by atoms with van der Waals surface area (Å²) < 4.78 is 49.9. The van der Waals surface area contributed by atoms with Crippen LogP contribution in [0.5, 0.6) is 11.5 Å². The van der Waals surface area contributed by atoms with Crippen LogP contribution in [0.4, 0.5) is 0 Å². The molecule has 0 aliphatic carbocycles. The Balaban J connectivity index is 0.000000267. The van der Waals surface area contributed by atoms with Crippen LogP contribution in [0.1, 0.15) is 148 Å². The summed E-state index contributed by atoms with van der Waals surface area (Å²) in [6.07, 6.45) is 12.4. The fourth-order valence-electron chi connectivity index (χ4n) is 8.42. The highest BCUT2D eigenvalue weighted by Crippen LogP contribution is 2.34. The Morgan fingerprint density at radius 2 is 1.11 bits per heavy atom. The number of halogens is 2. The van der Waals surface area contributed by atoms with Crippen molar-refractivity contribution in [2.75, 3.05) is 58.7 Å². The molecule has 13 heteroatoms. The molecule has 2 heterocycles. The van der Waals surface area contributed by atoms with Gasteiger partial charge in [-0.05, 0) is 164 Å². The Bertz CT molecular complexity index is 2680. The van der Waals surface area contributed by atoms with Gasteiger partial charge < -0.3 is 28.1 Å². The number of hydrogen-bond donors (Lipinski definition) is 0. The van der Waals surface area contributed by atoms with E-state index >= 15 is 0 Å². The molecule has 0 amide bonds. The molecule has 0 unspecified atom stereocenters. The molecule has 0 spiro atoms. The molecule has 10 nitrogen and oxygen atoms in total. The van der Waals surface area contributed by atoms with Crippen LogP contribution in [0.25, 0.3) is 21.9 Å². The largest absolute Gasteiger partial charge is 0.494 e. The molecule has 70 heavy (non-hydrogen) atoms. The van der Waals surface area contributed by atoms with Crippen LogP contribution < -0.4 is 9.47 Å². The van der Waals surface area contributed by atoms with Crippen LogP contribution in [0.2, 0.25) is 0 Å². The van der Waals surface area contributed by atoms with Gasteiger partial charge in [-0.1, -0.05) is 91.5 Å². The number of carbonyl (C=O) groups is 2. The summed E-state index contributed by atoms with van der Waals surface area (Å²) in [5.41, 5.74) is 4.49. The highest BCUT2D eigenvalue weighted by Gasteiger charge is 2.25. The summed E-state index contributed by atoms with van der Waals surface area (Å²) in [4.78, 5) is 32.1. The van der Waals surface area contributed by atoms with Gasteiger partial charge in [-0.3, -0.25) is 9.59 Å². The number of rotatable bonds is 29. The molecule has 380 valence electrons. The second-order valence-corrected chi connectivity index (χ2v) is 22.4. The van der Waals surface area contributed by atoms with E-state index in [1.807, 2.05) is 48.5 Å². The van der Waals surface area contributed by atoms with Crippen molar-refractivity contribution in [2.45, 2.75) is 118 Å². The number of furan rings is 2. The number of ketones is 2. The first kappa shape index (κ1) is 57.1. The minimum Gasteiger partial charge on any atom is -0.494 e. The van der Waals surface area contributed by atoms with Crippen molar-refractivity contribution in [3.63, 3.8) is 0 Å². The van der Waals surface area contributed by atoms with Gasteiger partial charge in [0, 0.05) is 54.1 Å². The molecule has 0 radical (unpaired) electrons. The average Bonchev–Trinajstić information content (AvgIpc) is 3.91. The highest BCUT2D eigenvalue weighted by molar-refractivity contribution is 14.1. The van der Waals surface area contributed by atoms with E-state index < -0.39 is 9.84 Å². The van der Waals surface area contributed by atoms with Crippen LogP contribution in [0, 0.1) is 7.14 Å². The van der Waals surface area contributed by atoms with Gasteiger partial charge in [0.05, 0.1) is 30.6 Å². The fourth-order valence-corrected chi connectivity index (χ4v) is 11.3. The highest BCUT2D eigenvalue weighted by atomic mass is 127. The third-order valence-corrected chi connectivity index (χ3v) is 14.8. The van der Waals surface area contributed by atoms with Crippen molar-refractivity contribution < 1.29 is 36.3 Å². The molecular formula is C57H74I2N2O8S. The summed E-state index contributed by atoms with van der Waals surface area (Å²) in [7, 11) is -3.20. The number of unbranched alkanes of at least 4 members (excludes halogenated alkanes) is 4. The lowest BCUT2D eigenvalue weighted by Gasteiger charge is -2.21. The molecule has 6 aromatic rings. The molecule has 6 rings (SSSR count). The molecule has 0 aliphatic heterocycles. The van der Waals surface area contributed by atoms with Crippen molar-refractivity contribution in [1.29, 1.82) is 0 Å². The molecular weight excluding hydrogens is 1130 g/mol. The monoisotopic (exact) mass is 1200 g/mol. The van der Waals surface area contributed by atoms with E-state index in [4.69, 9.17) is 18.3 Å². The van der Waals surface area contributed by atoms with Gasteiger partial charge >= 0.3 is 0 Å². The standard InChI is InChI=1S/C32H45NO5S.C25H29I2NO3/c1-5-8-12-30-31(28-23-25(24-39(4,35)36)13-18-29(28)38-30)32(34)26-14-16-27(17-15-26)37-22-11-21-33(19-9-6-2)20-10-7-3;1-4-7-11-22-23(18-10-8-9-12-21(18)31-22)24(29)17-15-19(26)25(20(27)16-17)30-14-13-28(5-2)6-3/h13-18,23H,5-12,19-22,24H2,1-4H3;8-10,12,15-16H,4-7,11,13-14H2,1-3H3. The molecule has 0 fully saturated rings. The van der Waals surface area contributed by atoms with E-state index in [0.29, 0.717) is 64.2 Å². The van der Waals surface area contributed by atoms with Gasteiger partial charge in [0.25, 0.3) is 0 Å². The maximum absolute atomic E-state index is 13.7. The quantitative estimate of drug-likeness (QED) is 0.0255. The van der Waals surface area contributed by atoms with E-state index in [0.717, 1.165) is 113 Å². The number of benzene rings is 4. The third kappa shape index (κ3) is 16.6. The van der Waals surface area contributed by atoms with Gasteiger partial charge in [0.2, 0.25) is 0 Å². The molecule has 0 atom stereocenters. The van der Waals surface area contributed by atoms with Crippen LogP contribution in [-0.4, -0.2) is 88.5 Å².